The fourth-order valence-corrected chi connectivity index (χ4v) is 1.61. The Bertz CT molecular complexity index is 578. The van der Waals surface area contributed by atoms with Crippen molar-refractivity contribution >= 4 is 5.78 Å². The first-order valence-corrected chi connectivity index (χ1v) is 5.71. The van der Waals surface area contributed by atoms with E-state index in [-0.39, 0.29) is 18.0 Å². The van der Waals surface area contributed by atoms with Crippen LogP contribution >= 0.6 is 0 Å². The van der Waals surface area contributed by atoms with Gasteiger partial charge in [0.05, 0.1) is 6.42 Å². The number of nitrogens with zero attached hydrogens (tertiary/aromatic N) is 2. The maximum Gasteiger partial charge on any atom is 0.234 e. The lowest BCUT2D eigenvalue weighted by atomic mass is 10.1. The first kappa shape index (κ1) is 12.4. The molecular weight excluding hydrogens is 235 g/mol. The van der Waals surface area contributed by atoms with Crippen LogP contribution in [0.4, 0.5) is 4.39 Å². The van der Waals surface area contributed by atoms with E-state index in [0.717, 1.165) is 5.56 Å². The number of hydrogen-bond donors (Lipinski definition) is 0. The molecule has 0 aliphatic rings. The SMILES string of the molecule is CCC(=O)Cc1nc(-c2ccc(F)cc2C)no1. The van der Waals surface area contributed by atoms with Gasteiger partial charge in [-0.05, 0) is 30.7 Å². The summed E-state index contributed by atoms with van der Waals surface area (Å²) in [5.41, 5.74) is 1.43. The van der Waals surface area contributed by atoms with Gasteiger partial charge in [-0.1, -0.05) is 12.1 Å². The van der Waals surface area contributed by atoms with E-state index in [1.165, 1.54) is 12.1 Å². The van der Waals surface area contributed by atoms with E-state index in [1.54, 1.807) is 19.9 Å². The molecule has 0 fully saturated rings. The first-order chi connectivity index (χ1) is 8.60. The maximum atomic E-state index is 13.0. The van der Waals surface area contributed by atoms with Gasteiger partial charge in [0.15, 0.2) is 0 Å². The summed E-state index contributed by atoms with van der Waals surface area (Å²) in [6, 6.07) is 4.35. The molecule has 1 heterocycles. The molecule has 0 spiro atoms. The summed E-state index contributed by atoms with van der Waals surface area (Å²) in [5.74, 6) is 0.411. The standard InChI is InChI=1S/C13H13FN2O2/c1-3-10(17)7-12-15-13(16-18-12)11-5-4-9(14)6-8(11)2/h4-6H,3,7H2,1-2H3. The van der Waals surface area contributed by atoms with Gasteiger partial charge in [-0.2, -0.15) is 4.98 Å². The minimum Gasteiger partial charge on any atom is -0.339 e. The third-order valence-electron chi connectivity index (χ3n) is 2.64. The van der Waals surface area contributed by atoms with Crippen molar-refractivity contribution in [2.45, 2.75) is 26.7 Å². The van der Waals surface area contributed by atoms with Gasteiger partial charge in [-0.15, -0.1) is 0 Å². The van der Waals surface area contributed by atoms with Crippen LogP contribution < -0.4 is 0 Å². The van der Waals surface area contributed by atoms with Crippen molar-refractivity contribution in [2.75, 3.05) is 0 Å². The van der Waals surface area contributed by atoms with Crippen LogP contribution in [-0.4, -0.2) is 15.9 Å². The number of benzene rings is 1. The topological polar surface area (TPSA) is 56.0 Å². The predicted molar refractivity (Wildman–Crippen MR) is 63.4 cm³/mol. The van der Waals surface area contributed by atoms with E-state index in [1.807, 2.05) is 0 Å². The van der Waals surface area contributed by atoms with Crippen LogP contribution in [-0.2, 0) is 11.2 Å². The van der Waals surface area contributed by atoms with Crippen LogP contribution in [0.1, 0.15) is 24.8 Å². The van der Waals surface area contributed by atoms with Crippen molar-refractivity contribution in [3.63, 3.8) is 0 Å². The molecule has 0 amide bonds. The Morgan fingerprint density at radius 3 is 2.89 bits per heavy atom. The van der Waals surface area contributed by atoms with Crippen molar-refractivity contribution in [1.29, 1.82) is 0 Å². The number of carbonyl (C=O) groups is 1. The number of rotatable bonds is 4. The van der Waals surface area contributed by atoms with Gasteiger partial charge in [0.25, 0.3) is 0 Å². The summed E-state index contributed by atoms with van der Waals surface area (Å²) in [6.45, 7) is 3.55. The Morgan fingerprint density at radius 1 is 1.44 bits per heavy atom. The fourth-order valence-electron chi connectivity index (χ4n) is 1.61. The lowest BCUT2D eigenvalue weighted by Crippen LogP contribution is -2.00. The molecule has 94 valence electrons. The van der Waals surface area contributed by atoms with Crippen LogP contribution in [0.3, 0.4) is 0 Å². The molecule has 1 aromatic heterocycles. The number of aryl methyl sites for hydroxylation is 1. The summed E-state index contributed by atoms with van der Waals surface area (Å²) in [4.78, 5) is 15.4. The quantitative estimate of drug-likeness (QED) is 0.834. The minimum absolute atomic E-state index is 0.0426. The Labute approximate surface area is 104 Å². The first-order valence-electron chi connectivity index (χ1n) is 5.71. The Balaban J connectivity index is 2.26. The number of hydrogen-bond acceptors (Lipinski definition) is 4. The van der Waals surface area contributed by atoms with E-state index in [9.17, 15) is 9.18 Å². The highest BCUT2D eigenvalue weighted by Crippen LogP contribution is 2.21. The monoisotopic (exact) mass is 248 g/mol. The van der Waals surface area contributed by atoms with Gasteiger partial charge in [-0.3, -0.25) is 4.79 Å². The van der Waals surface area contributed by atoms with Gasteiger partial charge in [-0.25, -0.2) is 4.39 Å². The van der Waals surface area contributed by atoms with E-state index >= 15 is 0 Å². The second-order valence-electron chi connectivity index (χ2n) is 4.04. The molecule has 2 aromatic rings. The van der Waals surface area contributed by atoms with Crippen LogP contribution in [0.15, 0.2) is 22.7 Å². The zero-order valence-corrected chi connectivity index (χ0v) is 10.2. The highest BCUT2D eigenvalue weighted by Gasteiger charge is 2.13. The van der Waals surface area contributed by atoms with Gasteiger partial charge in [0.1, 0.15) is 11.6 Å². The van der Waals surface area contributed by atoms with Crippen molar-refractivity contribution in [3.05, 3.63) is 35.5 Å². The smallest absolute Gasteiger partial charge is 0.234 e. The second kappa shape index (κ2) is 5.08. The molecule has 2 rings (SSSR count). The normalized spacial score (nSPS) is 10.6. The molecule has 0 bridgehead atoms. The third kappa shape index (κ3) is 2.61. The average molecular weight is 248 g/mol. The van der Waals surface area contributed by atoms with Crippen molar-refractivity contribution in [2.24, 2.45) is 0 Å². The zero-order valence-electron chi connectivity index (χ0n) is 10.2. The Kier molecular flexibility index (Phi) is 3.50. The van der Waals surface area contributed by atoms with Crippen molar-refractivity contribution in [1.82, 2.24) is 10.1 Å². The molecule has 0 N–H and O–H groups in total. The van der Waals surface area contributed by atoms with E-state index in [2.05, 4.69) is 10.1 Å². The summed E-state index contributed by atoms with van der Waals surface area (Å²) in [7, 11) is 0. The summed E-state index contributed by atoms with van der Waals surface area (Å²) in [6.07, 6.45) is 0.580. The third-order valence-corrected chi connectivity index (χ3v) is 2.64. The molecule has 5 heteroatoms. The Morgan fingerprint density at radius 2 is 2.22 bits per heavy atom. The number of halogens is 1. The van der Waals surface area contributed by atoms with Gasteiger partial charge in [0, 0.05) is 12.0 Å². The second-order valence-corrected chi connectivity index (χ2v) is 4.04. The molecule has 0 saturated heterocycles. The lowest BCUT2D eigenvalue weighted by molar-refractivity contribution is -0.118. The fraction of sp³-hybridized carbons (Fsp3) is 0.308. The van der Waals surface area contributed by atoms with E-state index in [0.29, 0.717) is 23.7 Å². The van der Waals surface area contributed by atoms with E-state index < -0.39 is 0 Å². The Hall–Kier alpha value is -2.04. The number of aromatic nitrogens is 2. The maximum absolute atomic E-state index is 13.0. The molecule has 0 unspecified atom stereocenters. The van der Waals surface area contributed by atoms with E-state index in [4.69, 9.17) is 4.52 Å². The van der Waals surface area contributed by atoms with Crippen molar-refractivity contribution in [3.8, 4) is 11.4 Å². The molecule has 4 nitrogen and oxygen atoms in total. The number of ketones is 1. The molecule has 1 aromatic carbocycles. The highest BCUT2D eigenvalue weighted by atomic mass is 19.1. The molecular formula is C13H13FN2O2. The van der Waals surface area contributed by atoms with Gasteiger partial charge in [0.2, 0.25) is 11.7 Å². The summed E-state index contributed by atoms with van der Waals surface area (Å²) >= 11 is 0. The van der Waals surface area contributed by atoms with Crippen LogP contribution in [0.25, 0.3) is 11.4 Å². The molecule has 18 heavy (non-hydrogen) atoms. The van der Waals surface area contributed by atoms with Crippen LogP contribution in [0.2, 0.25) is 0 Å². The van der Waals surface area contributed by atoms with Crippen molar-refractivity contribution < 1.29 is 13.7 Å². The number of carbonyl (C=O) groups excluding carboxylic acids is 1. The summed E-state index contributed by atoms with van der Waals surface area (Å²) in [5, 5.41) is 3.80. The molecule has 0 aliphatic carbocycles. The highest BCUT2D eigenvalue weighted by molar-refractivity contribution is 5.79. The molecule has 0 aliphatic heterocycles. The zero-order chi connectivity index (χ0) is 13.1. The molecule has 0 atom stereocenters. The largest absolute Gasteiger partial charge is 0.339 e. The average Bonchev–Trinajstić information content (AvgIpc) is 2.77. The minimum atomic E-state index is -0.305. The van der Waals surface area contributed by atoms with Gasteiger partial charge >= 0.3 is 0 Å². The van der Waals surface area contributed by atoms with Crippen LogP contribution in [0, 0.1) is 12.7 Å². The van der Waals surface area contributed by atoms with Crippen LogP contribution in [0.5, 0.6) is 0 Å². The lowest BCUT2D eigenvalue weighted by Gasteiger charge is -1.99. The molecule has 0 radical (unpaired) electrons. The molecule has 0 saturated carbocycles. The van der Waals surface area contributed by atoms with Gasteiger partial charge < -0.3 is 4.52 Å². The predicted octanol–water partition coefficient (Wildman–Crippen LogP) is 2.71. The number of Topliss-reactive ketones (excluding diaryl/α,β-unsaturated/α-hetero) is 1. The summed E-state index contributed by atoms with van der Waals surface area (Å²) < 4.78 is 18.0.